The number of alkyl carbamates (subject to hydrolysis) is 1. The zero-order valence-electron chi connectivity index (χ0n) is 13.6. The number of hydrogen-bond acceptors (Lipinski definition) is 3. The second kappa shape index (κ2) is 8.03. The molecule has 1 aromatic rings. The fourth-order valence-electron chi connectivity index (χ4n) is 2.21. The maximum absolute atomic E-state index is 11.9. The largest absolute Gasteiger partial charge is 0.443 e. The fraction of sp³-hybridized carbons (Fsp3) is 0.588. The first-order valence-corrected chi connectivity index (χ1v) is 7.57. The number of benzene rings is 1. The molecule has 0 radical (unpaired) electrons. The molecule has 0 aliphatic carbocycles. The van der Waals surface area contributed by atoms with Crippen molar-refractivity contribution in [3.8, 4) is 0 Å². The summed E-state index contributed by atoms with van der Waals surface area (Å²) in [5.74, 6) is 0.0671. The molecule has 0 spiro atoms. The van der Waals surface area contributed by atoms with Crippen LogP contribution >= 0.6 is 0 Å². The molecule has 0 bridgehead atoms. The maximum atomic E-state index is 11.9. The van der Waals surface area contributed by atoms with E-state index in [2.05, 4.69) is 5.32 Å². The molecule has 21 heavy (non-hydrogen) atoms. The van der Waals surface area contributed by atoms with E-state index in [-0.39, 0.29) is 12.0 Å². The Balaban J connectivity index is 2.92. The molecule has 0 heterocycles. The Morgan fingerprint density at radius 3 is 2.43 bits per heavy atom. The normalized spacial score (nSPS) is 15.4. The molecular weight excluding hydrogens is 266 g/mol. The smallest absolute Gasteiger partial charge is 0.407 e. The van der Waals surface area contributed by atoms with Crippen LogP contribution < -0.4 is 5.32 Å². The van der Waals surface area contributed by atoms with Crippen LogP contribution in [0.25, 0.3) is 0 Å². The average Bonchev–Trinajstić information content (AvgIpc) is 2.43. The SMILES string of the molecule is CCC(C)C(OC(=O)NC(C)C)C(O)c1ccccc1C. The Hall–Kier alpha value is -1.55. The number of nitrogens with one attached hydrogen (secondary N) is 1. The van der Waals surface area contributed by atoms with Crippen LogP contribution in [-0.4, -0.2) is 23.3 Å². The van der Waals surface area contributed by atoms with E-state index in [1.54, 1.807) is 0 Å². The van der Waals surface area contributed by atoms with Crippen LogP contribution in [0.4, 0.5) is 4.79 Å². The van der Waals surface area contributed by atoms with Crippen molar-refractivity contribution in [2.24, 2.45) is 5.92 Å². The van der Waals surface area contributed by atoms with E-state index in [0.717, 1.165) is 17.5 Å². The summed E-state index contributed by atoms with van der Waals surface area (Å²) < 4.78 is 5.49. The van der Waals surface area contributed by atoms with Gasteiger partial charge >= 0.3 is 6.09 Å². The molecule has 1 rings (SSSR count). The highest BCUT2D eigenvalue weighted by Crippen LogP contribution is 2.28. The lowest BCUT2D eigenvalue weighted by Gasteiger charge is -2.29. The molecular formula is C17H27NO3. The lowest BCUT2D eigenvalue weighted by molar-refractivity contribution is -0.0285. The number of carbonyl (C=O) groups is 1. The van der Waals surface area contributed by atoms with Gasteiger partial charge in [0.2, 0.25) is 0 Å². The minimum absolute atomic E-state index is 0.00527. The zero-order chi connectivity index (χ0) is 16.0. The number of rotatable bonds is 6. The summed E-state index contributed by atoms with van der Waals surface area (Å²) in [6, 6.07) is 7.63. The molecule has 4 heteroatoms. The van der Waals surface area contributed by atoms with Gasteiger partial charge in [0.25, 0.3) is 0 Å². The van der Waals surface area contributed by atoms with Crippen LogP contribution in [0, 0.1) is 12.8 Å². The van der Waals surface area contributed by atoms with E-state index in [1.807, 2.05) is 58.9 Å². The topological polar surface area (TPSA) is 58.6 Å². The Kier molecular flexibility index (Phi) is 6.69. The second-order valence-corrected chi connectivity index (χ2v) is 5.86. The van der Waals surface area contributed by atoms with E-state index in [9.17, 15) is 9.90 Å². The first-order valence-electron chi connectivity index (χ1n) is 7.57. The van der Waals surface area contributed by atoms with Crippen LogP contribution in [0.15, 0.2) is 24.3 Å². The third kappa shape index (κ3) is 5.05. The monoisotopic (exact) mass is 293 g/mol. The van der Waals surface area contributed by atoms with Gasteiger partial charge in [-0.15, -0.1) is 0 Å². The van der Waals surface area contributed by atoms with Crippen molar-refractivity contribution in [3.63, 3.8) is 0 Å². The van der Waals surface area contributed by atoms with E-state index < -0.39 is 18.3 Å². The number of aliphatic hydroxyl groups excluding tert-OH is 1. The van der Waals surface area contributed by atoms with Crippen molar-refractivity contribution in [1.29, 1.82) is 0 Å². The summed E-state index contributed by atoms with van der Waals surface area (Å²) in [6.45, 7) is 9.69. The van der Waals surface area contributed by atoms with Gasteiger partial charge in [0.05, 0.1) is 0 Å². The highest BCUT2D eigenvalue weighted by molar-refractivity contribution is 5.67. The summed E-state index contributed by atoms with van der Waals surface area (Å²) in [5.41, 5.74) is 1.80. The van der Waals surface area contributed by atoms with Gasteiger partial charge in [-0.1, -0.05) is 38.1 Å². The molecule has 4 nitrogen and oxygen atoms in total. The Labute approximate surface area is 127 Å². The van der Waals surface area contributed by atoms with E-state index in [0.29, 0.717) is 0 Å². The van der Waals surface area contributed by atoms with Gasteiger partial charge < -0.3 is 15.2 Å². The average molecular weight is 293 g/mol. The Bertz CT molecular complexity index is 459. The van der Waals surface area contributed by atoms with Gasteiger partial charge in [0.1, 0.15) is 12.2 Å². The summed E-state index contributed by atoms with van der Waals surface area (Å²) in [5, 5.41) is 13.3. The van der Waals surface area contributed by atoms with Crippen LogP contribution in [0.2, 0.25) is 0 Å². The molecule has 1 amide bonds. The van der Waals surface area contributed by atoms with Crippen LogP contribution in [0.5, 0.6) is 0 Å². The highest BCUT2D eigenvalue weighted by atomic mass is 16.6. The number of aryl methyl sites for hydroxylation is 1. The van der Waals surface area contributed by atoms with Crippen molar-refractivity contribution in [2.75, 3.05) is 0 Å². The van der Waals surface area contributed by atoms with Crippen molar-refractivity contribution >= 4 is 6.09 Å². The molecule has 0 saturated heterocycles. The Morgan fingerprint density at radius 2 is 1.90 bits per heavy atom. The molecule has 3 unspecified atom stereocenters. The number of amides is 1. The van der Waals surface area contributed by atoms with Crippen molar-refractivity contribution in [2.45, 2.75) is 59.3 Å². The van der Waals surface area contributed by atoms with Crippen molar-refractivity contribution in [3.05, 3.63) is 35.4 Å². The van der Waals surface area contributed by atoms with Crippen molar-refractivity contribution < 1.29 is 14.6 Å². The molecule has 1 aromatic carbocycles. The van der Waals surface area contributed by atoms with Crippen molar-refractivity contribution in [1.82, 2.24) is 5.32 Å². The predicted octanol–water partition coefficient (Wildman–Crippen LogP) is 3.58. The third-order valence-electron chi connectivity index (χ3n) is 3.67. The van der Waals surface area contributed by atoms with E-state index in [1.165, 1.54) is 0 Å². The lowest BCUT2D eigenvalue weighted by Crippen LogP contribution is -2.38. The summed E-state index contributed by atoms with van der Waals surface area (Å²) >= 11 is 0. The van der Waals surface area contributed by atoms with Gasteiger partial charge in [-0.2, -0.15) is 0 Å². The van der Waals surface area contributed by atoms with Gasteiger partial charge in [-0.25, -0.2) is 4.79 Å². The first-order chi connectivity index (χ1) is 9.86. The summed E-state index contributed by atoms with van der Waals surface area (Å²) in [4.78, 5) is 11.9. The molecule has 0 fully saturated rings. The quantitative estimate of drug-likeness (QED) is 0.843. The van der Waals surface area contributed by atoms with Gasteiger partial charge in [-0.05, 0) is 44.2 Å². The summed E-state index contributed by atoms with van der Waals surface area (Å²) in [6.07, 6.45) is -1.04. The van der Waals surface area contributed by atoms with Crippen LogP contribution in [0.1, 0.15) is 51.3 Å². The molecule has 0 saturated carbocycles. The van der Waals surface area contributed by atoms with Crippen LogP contribution in [-0.2, 0) is 4.74 Å². The standard InChI is InChI=1S/C17H27NO3/c1-6-12(4)16(21-17(20)18-11(2)3)15(19)14-10-8-7-9-13(14)5/h7-12,15-16,19H,6H2,1-5H3,(H,18,20). The molecule has 0 aliphatic rings. The highest BCUT2D eigenvalue weighted by Gasteiger charge is 2.30. The number of carbonyl (C=O) groups excluding carboxylic acids is 1. The molecule has 2 N–H and O–H groups in total. The zero-order valence-corrected chi connectivity index (χ0v) is 13.6. The van der Waals surface area contributed by atoms with Crippen LogP contribution in [0.3, 0.4) is 0 Å². The fourth-order valence-corrected chi connectivity index (χ4v) is 2.21. The number of aliphatic hydroxyl groups is 1. The Morgan fingerprint density at radius 1 is 1.29 bits per heavy atom. The second-order valence-electron chi connectivity index (χ2n) is 5.86. The predicted molar refractivity (Wildman–Crippen MR) is 84.1 cm³/mol. The minimum atomic E-state index is -0.820. The molecule has 0 aliphatic heterocycles. The maximum Gasteiger partial charge on any atom is 0.407 e. The number of ether oxygens (including phenoxy) is 1. The molecule has 0 aromatic heterocycles. The third-order valence-corrected chi connectivity index (χ3v) is 3.67. The number of hydrogen-bond donors (Lipinski definition) is 2. The van der Waals surface area contributed by atoms with Gasteiger partial charge in [0, 0.05) is 6.04 Å². The lowest BCUT2D eigenvalue weighted by atomic mass is 9.91. The molecule has 118 valence electrons. The van der Waals surface area contributed by atoms with Gasteiger partial charge in [0.15, 0.2) is 0 Å². The summed E-state index contributed by atoms with van der Waals surface area (Å²) in [7, 11) is 0. The van der Waals surface area contributed by atoms with Gasteiger partial charge in [-0.3, -0.25) is 0 Å². The minimum Gasteiger partial charge on any atom is -0.443 e. The first kappa shape index (κ1) is 17.5. The van der Waals surface area contributed by atoms with E-state index >= 15 is 0 Å². The molecule has 3 atom stereocenters. The van der Waals surface area contributed by atoms with E-state index in [4.69, 9.17) is 4.74 Å².